The Morgan fingerprint density at radius 1 is 1.13 bits per heavy atom. The normalized spacial score (nSPS) is 10.2. The standard InChI is InChI=1S/C17H27N3O3/c1-4-5-10-23-11-6-9-18-17(22)20-15-8-7-13(2)16(12-15)19-14(3)21/h7-8,12H,4-6,9-11H2,1-3H3,(H,19,21)(H2,18,20,22). The number of hydrogen-bond donors (Lipinski definition) is 3. The highest BCUT2D eigenvalue weighted by atomic mass is 16.5. The summed E-state index contributed by atoms with van der Waals surface area (Å²) in [5.41, 5.74) is 2.27. The van der Waals surface area contributed by atoms with Crippen LogP contribution in [0.1, 0.15) is 38.7 Å². The first-order valence-electron chi connectivity index (χ1n) is 8.03. The molecule has 6 heteroatoms. The zero-order valence-electron chi connectivity index (χ0n) is 14.2. The van der Waals surface area contributed by atoms with E-state index in [2.05, 4.69) is 22.9 Å². The van der Waals surface area contributed by atoms with Gasteiger partial charge in [-0.05, 0) is 37.5 Å². The van der Waals surface area contributed by atoms with Crippen LogP contribution in [-0.2, 0) is 9.53 Å². The van der Waals surface area contributed by atoms with Crippen molar-refractivity contribution in [3.05, 3.63) is 23.8 Å². The monoisotopic (exact) mass is 321 g/mol. The van der Waals surface area contributed by atoms with Crippen LogP contribution in [0.2, 0.25) is 0 Å². The number of benzene rings is 1. The lowest BCUT2D eigenvalue weighted by molar-refractivity contribution is -0.114. The predicted octanol–water partition coefficient (Wildman–Crippen LogP) is 3.28. The van der Waals surface area contributed by atoms with Gasteiger partial charge in [0.2, 0.25) is 5.91 Å². The lowest BCUT2D eigenvalue weighted by Crippen LogP contribution is -2.30. The van der Waals surface area contributed by atoms with Gasteiger partial charge in [0.1, 0.15) is 0 Å². The molecule has 0 saturated heterocycles. The van der Waals surface area contributed by atoms with Crippen molar-refractivity contribution in [2.45, 2.75) is 40.0 Å². The summed E-state index contributed by atoms with van der Waals surface area (Å²) >= 11 is 0. The van der Waals surface area contributed by atoms with Gasteiger partial charge in [-0.15, -0.1) is 0 Å². The average Bonchev–Trinajstić information content (AvgIpc) is 2.49. The highest BCUT2D eigenvalue weighted by Gasteiger charge is 2.05. The van der Waals surface area contributed by atoms with Gasteiger partial charge in [0.05, 0.1) is 0 Å². The molecule has 1 aromatic rings. The summed E-state index contributed by atoms with van der Waals surface area (Å²) in [5.74, 6) is -0.141. The van der Waals surface area contributed by atoms with Crippen molar-refractivity contribution >= 4 is 23.3 Å². The predicted molar refractivity (Wildman–Crippen MR) is 92.8 cm³/mol. The van der Waals surface area contributed by atoms with E-state index in [9.17, 15) is 9.59 Å². The molecule has 3 N–H and O–H groups in total. The molecule has 0 heterocycles. The topological polar surface area (TPSA) is 79.5 Å². The van der Waals surface area contributed by atoms with Gasteiger partial charge < -0.3 is 20.7 Å². The van der Waals surface area contributed by atoms with Gasteiger partial charge in [-0.25, -0.2) is 4.79 Å². The number of carbonyl (C=O) groups is 2. The molecular weight excluding hydrogens is 294 g/mol. The van der Waals surface area contributed by atoms with Gasteiger partial charge in [0.15, 0.2) is 0 Å². The number of urea groups is 1. The van der Waals surface area contributed by atoms with E-state index in [-0.39, 0.29) is 11.9 Å². The average molecular weight is 321 g/mol. The van der Waals surface area contributed by atoms with Crippen LogP contribution in [0.25, 0.3) is 0 Å². The van der Waals surface area contributed by atoms with E-state index in [0.29, 0.717) is 24.5 Å². The minimum absolute atomic E-state index is 0.141. The lowest BCUT2D eigenvalue weighted by Gasteiger charge is -2.11. The molecule has 128 valence electrons. The van der Waals surface area contributed by atoms with Gasteiger partial charge in [-0.3, -0.25) is 4.79 Å². The first kappa shape index (κ1) is 19.0. The number of aryl methyl sites for hydroxylation is 1. The summed E-state index contributed by atoms with van der Waals surface area (Å²) in [7, 11) is 0. The number of nitrogens with one attached hydrogen (secondary N) is 3. The summed E-state index contributed by atoms with van der Waals surface area (Å²) in [6.45, 7) is 7.46. The Labute approximate surface area is 138 Å². The van der Waals surface area contributed by atoms with Crippen LogP contribution in [0.15, 0.2) is 18.2 Å². The van der Waals surface area contributed by atoms with E-state index in [1.54, 1.807) is 12.1 Å². The van der Waals surface area contributed by atoms with Crippen LogP contribution in [-0.4, -0.2) is 31.7 Å². The molecule has 0 aliphatic rings. The van der Waals surface area contributed by atoms with E-state index in [4.69, 9.17) is 4.74 Å². The fourth-order valence-corrected chi connectivity index (χ4v) is 1.92. The quantitative estimate of drug-likeness (QED) is 0.611. The van der Waals surface area contributed by atoms with E-state index in [1.165, 1.54) is 6.92 Å². The van der Waals surface area contributed by atoms with Crippen LogP contribution < -0.4 is 16.0 Å². The first-order valence-corrected chi connectivity index (χ1v) is 8.03. The molecule has 0 unspecified atom stereocenters. The number of carbonyl (C=O) groups excluding carboxylic acids is 2. The Balaban J connectivity index is 2.32. The van der Waals surface area contributed by atoms with Gasteiger partial charge in [-0.2, -0.15) is 0 Å². The SMILES string of the molecule is CCCCOCCCNC(=O)Nc1ccc(C)c(NC(C)=O)c1. The van der Waals surface area contributed by atoms with Crippen molar-refractivity contribution in [2.24, 2.45) is 0 Å². The van der Waals surface area contributed by atoms with Crippen LogP contribution >= 0.6 is 0 Å². The molecule has 0 aromatic heterocycles. The Kier molecular flexibility index (Phi) is 8.75. The summed E-state index contributed by atoms with van der Waals surface area (Å²) in [4.78, 5) is 23.0. The Hall–Kier alpha value is -2.08. The minimum Gasteiger partial charge on any atom is -0.381 e. The lowest BCUT2D eigenvalue weighted by atomic mass is 10.2. The van der Waals surface area contributed by atoms with Crippen molar-refractivity contribution in [1.82, 2.24) is 5.32 Å². The molecule has 6 nitrogen and oxygen atoms in total. The minimum atomic E-state index is -0.267. The van der Waals surface area contributed by atoms with Crippen molar-refractivity contribution < 1.29 is 14.3 Å². The molecule has 0 saturated carbocycles. The second-order valence-electron chi connectivity index (χ2n) is 5.41. The summed E-state index contributed by atoms with van der Waals surface area (Å²) in [5, 5.41) is 8.27. The molecule has 0 fully saturated rings. The summed E-state index contributed by atoms with van der Waals surface area (Å²) in [6.07, 6.45) is 2.97. The summed E-state index contributed by atoms with van der Waals surface area (Å²) < 4.78 is 5.43. The van der Waals surface area contributed by atoms with E-state index >= 15 is 0 Å². The van der Waals surface area contributed by atoms with Crippen molar-refractivity contribution in [3.63, 3.8) is 0 Å². The maximum atomic E-state index is 11.8. The maximum absolute atomic E-state index is 11.8. The van der Waals surface area contributed by atoms with Gasteiger partial charge in [-0.1, -0.05) is 19.4 Å². The maximum Gasteiger partial charge on any atom is 0.319 e. The van der Waals surface area contributed by atoms with E-state index < -0.39 is 0 Å². The third-order valence-electron chi connectivity index (χ3n) is 3.20. The third kappa shape index (κ3) is 8.21. The number of anilines is 2. The molecule has 0 atom stereocenters. The number of rotatable bonds is 9. The van der Waals surface area contributed by atoms with Crippen molar-refractivity contribution in [3.8, 4) is 0 Å². The molecule has 0 aliphatic heterocycles. The van der Waals surface area contributed by atoms with Gasteiger partial charge >= 0.3 is 6.03 Å². The van der Waals surface area contributed by atoms with Crippen LogP contribution in [0.5, 0.6) is 0 Å². The zero-order chi connectivity index (χ0) is 17.1. The van der Waals surface area contributed by atoms with Crippen LogP contribution in [0, 0.1) is 6.92 Å². The number of ether oxygens (including phenoxy) is 1. The molecule has 0 aliphatic carbocycles. The summed E-state index contributed by atoms with van der Waals surface area (Å²) in [6, 6.07) is 5.12. The molecule has 1 aromatic carbocycles. The molecular formula is C17H27N3O3. The van der Waals surface area contributed by atoms with Crippen LogP contribution in [0.4, 0.5) is 16.2 Å². The Morgan fingerprint density at radius 3 is 2.57 bits per heavy atom. The molecule has 0 bridgehead atoms. The van der Waals surface area contributed by atoms with E-state index in [0.717, 1.165) is 31.4 Å². The fourth-order valence-electron chi connectivity index (χ4n) is 1.92. The van der Waals surface area contributed by atoms with Crippen molar-refractivity contribution in [1.29, 1.82) is 0 Å². The highest BCUT2D eigenvalue weighted by Crippen LogP contribution is 2.20. The second kappa shape index (κ2) is 10.6. The first-order chi connectivity index (χ1) is 11.0. The molecule has 3 amide bonds. The zero-order valence-corrected chi connectivity index (χ0v) is 14.2. The smallest absolute Gasteiger partial charge is 0.319 e. The van der Waals surface area contributed by atoms with Crippen molar-refractivity contribution in [2.75, 3.05) is 30.4 Å². The Morgan fingerprint density at radius 2 is 1.87 bits per heavy atom. The van der Waals surface area contributed by atoms with Gasteiger partial charge in [0.25, 0.3) is 0 Å². The Bertz CT molecular complexity index is 518. The van der Waals surface area contributed by atoms with E-state index in [1.807, 2.05) is 13.0 Å². The molecule has 1 rings (SSSR count). The number of amides is 3. The highest BCUT2D eigenvalue weighted by molar-refractivity contribution is 5.93. The van der Waals surface area contributed by atoms with Gasteiger partial charge in [0, 0.05) is 38.1 Å². The second-order valence-corrected chi connectivity index (χ2v) is 5.41. The van der Waals surface area contributed by atoms with Crippen LogP contribution in [0.3, 0.4) is 0 Å². The molecule has 0 spiro atoms. The number of unbranched alkanes of at least 4 members (excludes halogenated alkanes) is 1. The molecule has 23 heavy (non-hydrogen) atoms. The number of hydrogen-bond acceptors (Lipinski definition) is 3. The largest absolute Gasteiger partial charge is 0.381 e. The third-order valence-corrected chi connectivity index (χ3v) is 3.20. The fraction of sp³-hybridized carbons (Fsp3) is 0.529. The molecule has 0 radical (unpaired) electrons.